The molecule has 1 aromatic rings. The van der Waals surface area contributed by atoms with Crippen molar-refractivity contribution in [3.05, 3.63) is 29.8 Å². The highest BCUT2D eigenvalue weighted by Crippen LogP contribution is 2.38. The lowest BCUT2D eigenvalue weighted by molar-refractivity contribution is -0.127. The van der Waals surface area contributed by atoms with Gasteiger partial charge in [-0.3, -0.25) is 9.59 Å². The molecular weight excluding hydrogens is 292 g/mol. The molecule has 2 rings (SSSR count). The average Bonchev–Trinajstić information content (AvgIpc) is 3.34. The number of benzene rings is 1. The molecule has 0 saturated heterocycles. The number of carbonyl (C=O) groups is 2. The summed E-state index contributed by atoms with van der Waals surface area (Å²) in [5.41, 5.74) is 1.15. The van der Waals surface area contributed by atoms with Gasteiger partial charge in [-0.1, -0.05) is 26.0 Å². The third-order valence-electron chi connectivity index (χ3n) is 4.02. The minimum atomic E-state index is -0.155. The minimum absolute atomic E-state index is 0.00834. The number of carbonyl (C=O) groups excluding carboxylic acids is 2. The number of hydrogen-bond donors (Lipinski definition) is 2. The third-order valence-corrected chi connectivity index (χ3v) is 4.02. The number of methoxy groups -OCH3 is 1. The van der Waals surface area contributed by atoms with Gasteiger partial charge in [-0.25, -0.2) is 0 Å². The summed E-state index contributed by atoms with van der Waals surface area (Å²) in [6.07, 6.45) is 1.44. The van der Waals surface area contributed by atoms with E-state index in [9.17, 15) is 9.59 Å². The molecule has 5 heteroatoms. The van der Waals surface area contributed by atoms with Gasteiger partial charge in [0, 0.05) is 13.1 Å². The molecule has 1 aliphatic rings. The van der Waals surface area contributed by atoms with E-state index in [0.29, 0.717) is 25.4 Å². The lowest BCUT2D eigenvalue weighted by atomic mass is 10.1. The zero-order valence-electron chi connectivity index (χ0n) is 14.1. The maximum Gasteiger partial charge on any atom is 0.223 e. The van der Waals surface area contributed by atoms with Gasteiger partial charge in [-0.05, 0) is 36.5 Å². The number of amides is 2. The average molecular weight is 318 g/mol. The Morgan fingerprint density at radius 1 is 1.13 bits per heavy atom. The Morgan fingerprint density at radius 3 is 2.30 bits per heavy atom. The smallest absolute Gasteiger partial charge is 0.223 e. The van der Waals surface area contributed by atoms with Crippen LogP contribution in [0.1, 0.15) is 25.8 Å². The van der Waals surface area contributed by atoms with Crippen LogP contribution in [-0.2, 0) is 16.0 Å². The van der Waals surface area contributed by atoms with Crippen LogP contribution in [0.3, 0.4) is 0 Å². The monoisotopic (exact) mass is 318 g/mol. The summed E-state index contributed by atoms with van der Waals surface area (Å²) in [7, 11) is 1.64. The molecular formula is C18H26N2O3. The van der Waals surface area contributed by atoms with E-state index in [4.69, 9.17) is 4.74 Å². The van der Waals surface area contributed by atoms with Gasteiger partial charge in [0.1, 0.15) is 5.75 Å². The second-order valence-electron chi connectivity index (χ2n) is 6.48. The van der Waals surface area contributed by atoms with Crippen LogP contribution >= 0.6 is 0 Å². The minimum Gasteiger partial charge on any atom is -0.497 e. The Morgan fingerprint density at radius 2 is 1.74 bits per heavy atom. The molecule has 0 heterocycles. The SMILES string of the molecule is COc1ccc(CCNC(=O)C2CC2C(=O)NCC(C)C)cc1. The topological polar surface area (TPSA) is 67.4 Å². The molecule has 2 unspecified atom stereocenters. The summed E-state index contributed by atoms with van der Waals surface area (Å²) < 4.78 is 5.11. The first kappa shape index (κ1) is 17.3. The van der Waals surface area contributed by atoms with Crippen molar-refractivity contribution in [2.24, 2.45) is 17.8 Å². The maximum atomic E-state index is 12.0. The number of rotatable bonds is 8. The van der Waals surface area contributed by atoms with E-state index in [1.165, 1.54) is 0 Å². The van der Waals surface area contributed by atoms with Crippen LogP contribution in [0.25, 0.3) is 0 Å². The summed E-state index contributed by atoms with van der Waals surface area (Å²) in [4.78, 5) is 23.9. The van der Waals surface area contributed by atoms with Gasteiger partial charge in [0.05, 0.1) is 18.9 Å². The van der Waals surface area contributed by atoms with Gasteiger partial charge in [-0.15, -0.1) is 0 Å². The Hall–Kier alpha value is -2.04. The Bertz CT molecular complexity index is 540. The molecule has 0 spiro atoms. The van der Waals surface area contributed by atoms with Crippen LogP contribution in [0.5, 0.6) is 5.75 Å². The van der Waals surface area contributed by atoms with Crippen molar-refractivity contribution in [3.63, 3.8) is 0 Å². The van der Waals surface area contributed by atoms with Crippen LogP contribution < -0.4 is 15.4 Å². The number of ether oxygens (including phenoxy) is 1. The molecule has 2 amide bonds. The second-order valence-corrected chi connectivity index (χ2v) is 6.48. The van der Waals surface area contributed by atoms with Crippen molar-refractivity contribution >= 4 is 11.8 Å². The first-order chi connectivity index (χ1) is 11.0. The van der Waals surface area contributed by atoms with E-state index < -0.39 is 0 Å². The van der Waals surface area contributed by atoms with Gasteiger partial charge in [0.15, 0.2) is 0 Å². The summed E-state index contributed by atoms with van der Waals surface area (Å²) in [5, 5.41) is 5.81. The van der Waals surface area contributed by atoms with Gasteiger partial charge >= 0.3 is 0 Å². The van der Waals surface area contributed by atoms with Crippen molar-refractivity contribution in [2.45, 2.75) is 26.7 Å². The summed E-state index contributed by atoms with van der Waals surface area (Å²) in [5.74, 6) is 0.950. The molecule has 1 aliphatic carbocycles. The Kier molecular flexibility index (Phi) is 6.02. The predicted molar refractivity (Wildman–Crippen MR) is 89.2 cm³/mol. The first-order valence-electron chi connectivity index (χ1n) is 8.19. The Balaban J connectivity index is 1.66. The summed E-state index contributed by atoms with van der Waals surface area (Å²) in [6, 6.07) is 7.80. The normalized spacial score (nSPS) is 19.3. The van der Waals surface area contributed by atoms with E-state index in [1.54, 1.807) is 7.11 Å². The molecule has 0 aromatic heterocycles. The zero-order valence-corrected chi connectivity index (χ0v) is 14.1. The first-order valence-corrected chi connectivity index (χ1v) is 8.19. The second kappa shape index (κ2) is 7.99. The van der Waals surface area contributed by atoms with Gasteiger partial charge < -0.3 is 15.4 Å². The van der Waals surface area contributed by atoms with E-state index in [-0.39, 0.29) is 23.7 Å². The molecule has 23 heavy (non-hydrogen) atoms. The van der Waals surface area contributed by atoms with Gasteiger partial charge in [0.25, 0.3) is 0 Å². The third kappa shape index (κ3) is 5.27. The van der Waals surface area contributed by atoms with E-state index in [0.717, 1.165) is 17.7 Å². The maximum absolute atomic E-state index is 12.0. The lowest BCUT2D eigenvalue weighted by Gasteiger charge is -2.08. The van der Waals surface area contributed by atoms with Crippen LogP contribution in [0.4, 0.5) is 0 Å². The molecule has 0 radical (unpaired) electrons. The molecule has 0 bridgehead atoms. The molecule has 126 valence electrons. The van der Waals surface area contributed by atoms with E-state index in [2.05, 4.69) is 24.5 Å². The summed E-state index contributed by atoms with van der Waals surface area (Å²) >= 11 is 0. The number of nitrogens with one attached hydrogen (secondary N) is 2. The molecule has 2 atom stereocenters. The molecule has 1 fully saturated rings. The van der Waals surface area contributed by atoms with E-state index >= 15 is 0 Å². The van der Waals surface area contributed by atoms with Crippen LogP contribution in [-0.4, -0.2) is 32.0 Å². The quantitative estimate of drug-likeness (QED) is 0.767. The van der Waals surface area contributed by atoms with Gasteiger partial charge in [0.2, 0.25) is 11.8 Å². The lowest BCUT2D eigenvalue weighted by Crippen LogP contribution is -2.32. The molecule has 2 N–H and O–H groups in total. The van der Waals surface area contributed by atoms with Gasteiger partial charge in [-0.2, -0.15) is 0 Å². The molecule has 5 nitrogen and oxygen atoms in total. The Labute approximate surface area is 137 Å². The van der Waals surface area contributed by atoms with Crippen molar-refractivity contribution in [1.82, 2.24) is 10.6 Å². The standard InChI is InChI=1S/C18H26N2O3/c1-12(2)11-20-18(22)16-10-15(16)17(21)19-9-8-13-4-6-14(23-3)7-5-13/h4-7,12,15-16H,8-11H2,1-3H3,(H,19,21)(H,20,22). The van der Waals surface area contributed by atoms with Crippen molar-refractivity contribution < 1.29 is 14.3 Å². The highest BCUT2D eigenvalue weighted by molar-refractivity contribution is 5.92. The summed E-state index contributed by atoms with van der Waals surface area (Å²) in [6.45, 7) is 5.36. The van der Waals surface area contributed by atoms with Crippen LogP contribution in [0, 0.1) is 17.8 Å². The van der Waals surface area contributed by atoms with Crippen molar-refractivity contribution in [2.75, 3.05) is 20.2 Å². The molecule has 0 aliphatic heterocycles. The largest absolute Gasteiger partial charge is 0.497 e. The zero-order chi connectivity index (χ0) is 16.8. The fourth-order valence-corrected chi connectivity index (χ4v) is 2.46. The van der Waals surface area contributed by atoms with E-state index in [1.807, 2.05) is 24.3 Å². The van der Waals surface area contributed by atoms with Crippen LogP contribution in [0.15, 0.2) is 24.3 Å². The predicted octanol–water partition coefficient (Wildman–Crippen LogP) is 1.76. The highest BCUT2D eigenvalue weighted by atomic mass is 16.5. The van der Waals surface area contributed by atoms with Crippen molar-refractivity contribution in [3.8, 4) is 5.75 Å². The van der Waals surface area contributed by atoms with Crippen LogP contribution in [0.2, 0.25) is 0 Å². The highest BCUT2D eigenvalue weighted by Gasteiger charge is 2.47. The number of hydrogen-bond acceptors (Lipinski definition) is 3. The molecule has 1 aromatic carbocycles. The molecule has 1 saturated carbocycles. The van der Waals surface area contributed by atoms with Crippen molar-refractivity contribution in [1.29, 1.82) is 0 Å². The fourth-order valence-electron chi connectivity index (χ4n) is 2.46. The fraction of sp³-hybridized carbons (Fsp3) is 0.556.